The first-order chi connectivity index (χ1) is 20.0. The van der Waals surface area contributed by atoms with Crippen molar-refractivity contribution in [3.05, 3.63) is 139 Å². The Balaban J connectivity index is 1.40. The van der Waals surface area contributed by atoms with Crippen molar-refractivity contribution in [3.63, 3.8) is 0 Å². The number of phenols is 1. The Morgan fingerprint density at radius 3 is 1.51 bits per heavy atom. The first-order valence-electron chi connectivity index (χ1n) is 12.8. The number of aromatic hydroxyl groups is 1. The molecule has 0 aliphatic carbocycles. The van der Waals surface area contributed by atoms with E-state index in [4.69, 9.17) is 19.4 Å². The number of fused-ring (bicyclic) bond motifs is 1. The van der Waals surface area contributed by atoms with Gasteiger partial charge in [-0.25, -0.2) is 19.6 Å². The predicted octanol–water partition coefficient (Wildman–Crippen LogP) is 7.11. The summed E-state index contributed by atoms with van der Waals surface area (Å²) in [5.41, 5.74) is 4.24. The van der Waals surface area contributed by atoms with Gasteiger partial charge in [-0.1, -0.05) is 60.7 Å². The van der Waals surface area contributed by atoms with Gasteiger partial charge in [0.25, 0.3) is 0 Å². The minimum atomic E-state index is -0.481. The van der Waals surface area contributed by atoms with Crippen LogP contribution >= 0.6 is 0 Å². The summed E-state index contributed by atoms with van der Waals surface area (Å²) in [6.45, 7) is 0. The molecule has 0 atom stereocenters. The Morgan fingerprint density at radius 2 is 1.00 bits per heavy atom. The van der Waals surface area contributed by atoms with Crippen LogP contribution in [0, 0.1) is 0 Å². The molecular weight excluding hydrogens is 516 g/mol. The standard InChI is InChI=1S/C34H22N2O5/c37-26-17-18-29-30(21-26)36-32(25-14-8-16-28(20-25)41-34(39)23-11-5-2-6-12-23)31(35-29)24-13-7-15-27(19-24)40-33(38)22-9-3-1-4-10-22/h1-21,37H. The maximum atomic E-state index is 12.7. The summed E-state index contributed by atoms with van der Waals surface area (Å²) in [5.74, 6) is -0.210. The zero-order chi connectivity index (χ0) is 28.2. The fourth-order valence-electron chi connectivity index (χ4n) is 4.34. The van der Waals surface area contributed by atoms with Gasteiger partial charge >= 0.3 is 11.9 Å². The van der Waals surface area contributed by atoms with E-state index in [1.54, 1.807) is 97.1 Å². The van der Waals surface area contributed by atoms with E-state index in [0.29, 0.717) is 56.2 Å². The molecular formula is C34H22N2O5. The molecule has 1 heterocycles. The van der Waals surface area contributed by atoms with Crippen molar-refractivity contribution in [3.8, 4) is 39.8 Å². The van der Waals surface area contributed by atoms with Gasteiger partial charge in [0.1, 0.15) is 17.2 Å². The molecule has 0 aliphatic rings. The number of ether oxygens (including phenoxy) is 2. The zero-order valence-electron chi connectivity index (χ0n) is 21.6. The van der Waals surface area contributed by atoms with E-state index < -0.39 is 11.9 Å². The van der Waals surface area contributed by atoms with E-state index in [1.807, 2.05) is 24.3 Å². The second-order valence-corrected chi connectivity index (χ2v) is 9.16. The topological polar surface area (TPSA) is 98.6 Å². The molecule has 5 aromatic carbocycles. The molecule has 0 amide bonds. The van der Waals surface area contributed by atoms with Gasteiger partial charge in [0.05, 0.1) is 33.5 Å². The molecule has 0 saturated heterocycles. The number of carbonyl (C=O) groups excluding carboxylic acids is 2. The lowest BCUT2D eigenvalue weighted by molar-refractivity contribution is 0.0725. The van der Waals surface area contributed by atoms with Crippen molar-refractivity contribution < 1.29 is 24.2 Å². The molecule has 0 aliphatic heterocycles. The number of esters is 2. The molecule has 7 nitrogen and oxygen atoms in total. The Bertz CT molecular complexity index is 1890. The van der Waals surface area contributed by atoms with Crippen LogP contribution in [0.1, 0.15) is 20.7 Å². The van der Waals surface area contributed by atoms with Crippen LogP contribution in [0.25, 0.3) is 33.5 Å². The highest BCUT2D eigenvalue weighted by Crippen LogP contribution is 2.35. The monoisotopic (exact) mass is 538 g/mol. The molecule has 7 heteroatoms. The summed E-state index contributed by atoms with van der Waals surface area (Å²) in [6, 6.07) is 36.3. The first kappa shape index (κ1) is 25.5. The Kier molecular flexibility index (Phi) is 6.90. The summed E-state index contributed by atoms with van der Waals surface area (Å²) >= 11 is 0. The fraction of sp³-hybridized carbons (Fsp3) is 0. The summed E-state index contributed by atoms with van der Waals surface area (Å²) in [4.78, 5) is 35.0. The number of rotatable bonds is 6. The summed E-state index contributed by atoms with van der Waals surface area (Å²) < 4.78 is 11.3. The van der Waals surface area contributed by atoms with Crippen molar-refractivity contribution in [1.82, 2.24) is 9.97 Å². The highest BCUT2D eigenvalue weighted by molar-refractivity contribution is 5.92. The third-order valence-electron chi connectivity index (χ3n) is 6.30. The van der Waals surface area contributed by atoms with Gasteiger partial charge in [-0.3, -0.25) is 0 Å². The van der Waals surface area contributed by atoms with Gasteiger partial charge < -0.3 is 14.6 Å². The lowest BCUT2D eigenvalue weighted by Crippen LogP contribution is -2.08. The number of hydrogen-bond donors (Lipinski definition) is 1. The zero-order valence-corrected chi connectivity index (χ0v) is 21.6. The Hall–Kier alpha value is -5.82. The van der Waals surface area contributed by atoms with Crippen LogP contribution in [0.15, 0.2) is 127 Å². The largest absolute Gasteiger partial charge is 0.508 e. The van der Waals surface area contributed by atoms with Gasteiger partial charge in [-0.15, -0.1) is 0 Å². The fourth-order valence-corrected chi connectivity index (χ4v) is 4.34. The number of phenolic OH excluding ortho intramolecular Hbond substituents is 1. The number of aromatic nitrogens is 2. The van der Waals surface area contributed by atoms with Crippen LogP contribution in [-0.4, -0.2) is 27.0 Å². The lowest BCUT2D eigenvalue weighted by Gasteiger charge is -2.13. The van der Waals surface area contributed by atoms with Crippen LogP contribution in [-0.2, 0) is 0 Å². The normalized spacial score (nSPS) is 10.7. The van der Waals surface area contributed by atoms with Gasteiger partial charge in [0.15, 0.2) is 0 Å². The van der Waals surface area contributed by atoms with Crippen LogP contribution in [0.5, 0.6) is 17.2 Å². The molecule has 0 spiro atoms. The third-order valence-corrected chi connectivity index (χ3v) is 6.30. The third kappa shape index (κ3) is 5.65. The number of benzene rings is 5. The van der Waals surface area contributed by atoms with Gasteiger partial charge in [0.2, 0.25) is 0 Å². The van der Waals surface area contributed by atoms with Gasteiger partial charge in [-0.05, 0) is 60.7 Å². The van der Waals surface area contributed by atoms with Crippen molar-refractivity contribution in [1.29, 1.82) is 0 Å². The van der Waals surface area contributed by atoms with Crippen molar-refractivity contribution in [2.45, 2.75) is 0 Å². The number of nitrogens with zero attached hydrogens (tertiary/aromatic N) is 2. The molecule has 6 aromatic rings. The van der Waals surface area contributed by atoms with E-state index in [2.05, 4.69) is 0 Å². The molecule has 0 fully saturated rings. The Labute approximate surface area is 235 Å². The quantitative estimate of drug-likeness (QED) is 0.178. The van der Waals surface area contributed by atoms with E-state index in [-0.39, 0.29) is 5.75 Å². The average molecular weight is 539 g/mol. The Morgan fingerprint density at radius 1 is 0.512 bits per heavy atom. The van der Waals surface area contributed by atoms with Crippen molar-refractivity contribution in [2.75, 3.05) is 0 Å². The van der Waals surface area contributed by atoms with Crippen LogP contribution in [0.4, 0.5) is 0 Å². The highest BCUT2D eigenvalue weighted by atomic mass is 16.5. The first-order valence-corrected chi connectivity index (χ1v) is 12.8. The van der Waals surface area contributed by atoms with Gasteiger partial charge in [-0.2, -0.15) is 0 Å². The highest BCUT2D eigenvalue weighted by Gasteiger charge is 2.17. The average Bonchev–Trinajstić information content (AvgIpc) is 3.01. The molecule has 0 bridgehead atoms. The maximum absolute atomic E-state index is 12.7. The van der Waals surface area contributed by atoms with E-state index >= 15 is 0 Å². The van der Waals surface area contributed by atoms with E-state index in [1.165, 1.54) is 6.07 Å². The maximum Gasteiger partial charge on any atom is 0.343 e. The summed E-state index contributed by atoms with van der Waals surface area (Å²) in [5, 5.41) is 10.1. The van der Waals surface area contributed by atoms with Crippen LogP contribution < -0.4 is 9.47 Å². The minimum Gasteiger partial charge on any atom is -0.508 e. The van der Waals surface area contributed by atoms with Gasteiger partial charge in [0, 0.05) is 17.2 Å². The molecule has 0 radical (unpaired) electrons. The summed E-state index contributed by atoms with van der Waals surface area (Å²) in [7, 11) is 0. The molecule has 0 unspecified atom stereocenters. The molecule has 198 valence electrons. The van der Waals surface area contributed by atoms with Crippen molar-refractivity contribution in [2.24, 2.45) is 0 Å². The molecule has 41 heavy (non-hydrogen) atoms. The lowest BCUT2D eigenvalue weighted by atomic mass is 10.0. The molecule has 1 N–H and O–H groups in total. The van der Waals surface area contributed by atoms with Crippen LogP contribution in [0.3, 0.4) is 0 Å². The predicted molar refractivity (Wildman–Crippen MR) is 155 cm³/mol. The smallest absolute Gasteiger partial charge is 0.343 e. The molecule has 0 saturated carbocycles. The van der Waals surface area contributed by atoms with E-state index in [0.717, 1.165) is 0 Å². The second kappa shape index (κ2) is 11.1. The van der Waals surface area contributed by atoms with Crippen LogP contribution in [0.2, 0.25) is 0 Å². The molecule has 6 rings (SSSR count). The second-order valence-electron chi connectivity index (χ2n) is 9.16. The minimum absolute atomic E-state index is 0.0610. The molecule has 1 aromatic heterocycles. The number of carbonyl (C=O) groups is 2. The SMILES string of the molecule is O=C(Oc1cccc(-c2nc3ccc(O)cc3nc2-c2cccc(OC(=O)c3ccccc3)c2)c1)c1ccccc1. The van der Waals surface area contributed by atoms with E-state index in [9.17, 15) is 14.7 Å². The van der Waals surface area contributed by atoms with Crippen molar-refractivity contribution >= 4 is 23.0 Å². The number of hydrogen-bond acceptors (Lipinski definition) is 7. The summed E-state index contributed by atoms with van der Waals surface area (Å²) in [6.07, 6.45) is 0.